The van der Waals surface area contributed by atoms with Crippen LogP contribution in [-0.2, 0) is 14.4 Å². The molecule has 0 bridgehead atoms. The van der Waals surface area contributed by atoms with Crippen LogP contribution in [0.2, 0.25) is 0 Å². The first-order valence-electron chi connectivity index (χ1n) is 10.3. The number of hydrogen-bond donors (Lipinski definition) is 3. The van der Waals surface area contributed by atoms with Crippen LogP contribution in [0.25, 0.3) is 0 Å². The van der Waals surface area contributed by atoms with E-state index in [2.05, 4.69) is 18.7 Å². The molecule has 1 rings (SSSR count). The summed E-state index contributed by atoms with van der Waals surface area (Å²) in [5.74, 6) is -2.75. The number of hydrogen-bond acceptors (Lipinski definition) is 7. The lowest BCUT2D eigenvalue weighted by Crippen LogP contribution is -2.49. The van der Waals surface area contributed by atoms with Crippen LogP contribution in [-0.4, -0.2) is 131 Å². The highest BCUT2D eigenvalue weighted by molar-refractivity contribution is 5.69. The van der Waals surface area contributed by atoms with E-state index >= 15 is 0 Å². The highest BCUT2D eigenvalue weighted by atomic mass is 16.4. The van der Waals surface area contributed by atoms with Gasteiger partial charge in [0.05, 0.1) is 19.6 Å². The van der Waals surface area contributed by atoms with Crippen LogP contribution in [0.4, 0.5) is 0 Å². The molecular formula is C19H36N4O6. The summed E-state index contributed by atoms with van der Waals surface area (Å²) in [6.45, 7) is 8.22. The minimum Gasteiger partial charge on any atom is -0.480 e. The molecule has 10 heteroatoms. The van der Waals surface area contributed by atoms with Crippen molar-refractivity contribution in [1.29, 1.82) is 0 Å². The Bertz CT molecular complexity index is 501. The second kappa shape index (κ2) is 13.5. The number of carboxylic acid groups (broad SMARTS) is 3. The Balaban J connectivity index is 2.94. The van der Waals surface area contributed by atoms with Crippen LogP contribution in [0.15, 0.2) is 0 Å². The molecule has 1 aliphatic heterocycles. The molecule has 1 unspecified atom stereocenters. The summed E-state index contributed by atoms with van der Waals surface area (Å²) in [5.41, 5.74) is 0. The molecule has 0 radical (unpaired) electrons. The Morgan fingerprint density at radius 3 is 1.28 bits per heavy atom. The second-order valence-corrected chi connectivity index (χ2v) is 7.68. The van der Waals surface area contributed by atoms with Crippen molar-refractivity contribution in [3.05, 3.63) is 0 Å². The number of carboxylic acids is 3. The number of nitrogens with zero attached hydrogens (tertiary/aromatic N) is 4. The lowest BCUT2D eigenvalue weighted by atomic mass is 10.1. The zero-order valence-electron chi connectivity index (χ0n) is 17.6. The van der Waals surface area contributed by atoms with Crippen molar-refractivity contribution in [2.24, 2.45) is 0 Å². The Labute approximate surface area is 172 Å². The van der Waals surface area contributed by atoms with Gasteiger partial charge in [0.1, 0.15) is 0 Å². The Kier molecular flexibility index (Phi) is 11.7. The predicted octanol–water partition coefficient (Wildman–Crippen LogP) is -0.350. The van der Waals surface area contributed by atoms with Gasteiger partial charge in [0, 0.05) is 58.4 Å². The maximum atomic E-state index is 11.2. The van der Waals surface area contributed by atoms with Gasteiger partial charge in [-0.25, -0.2) is 0 Å². The standard InChI is InChI=1S/C19H36N4O6/c1-3-4-16(2)23-11-9-21(14-18(26)27)7-5-20(13-17(24)25)6-8-22(10-12-23)15-19(28)29/h16H,3-15H2,1-2H3,(H,24,25)(H,26,27)(H,28,29). The topological polar surface area (TPSA) is 125 Å². The third-order valence-electron chi connectivity index (χ3n) is 5.28. The summed E-state index contributed by atoms with van der Waals surface area (Å²) in [6, 6.07) is 0.324. The molecule has 0 aromatic carbocycles. The molecule has 0 aliphatic carbocycles. The van der Waals surface area contributed by atoms with Gasteiger partial charge in [-0.15, -0.1) is 0 Å². The Hall–Kier alpha value is -1.75. The summed E-state index contributed by atoms with van der Waals surface area (Å²) >= 11 is 0. The highest BCUT2D eigenvalue weighted by Crippen LogP contribution is 2.08. The largest absolute Gasteiger partial charge is 0.480 e. The lowest BCUT2D eigenvalue weighted by molar-refractivity contribution is -0.140. The van der Waals surface area contributed by atoms with Gasteiger partial charge in [-0.3, -0.25) is 34.0 Å². The van der Waals surface area contributed by atoms with Crippen molar-refractivity contribution in [1.82, 2.24) is 19.6 Å². The first-order valence-corrected chi connectivity index (χ1v) is 10.3. The zero-order chi connectivity index (χ0) is 21.8. The van der Waals surface area contributed by atoms with Crippen LogP contribution in [0.1, 0.15) is 26.7 Å². The summed E-state index contributed by atoms with van der Waals surface area (Å²) in [6.07, 6.45) is 2.06. The van der Waals surface area contributed by atoms with E-state index in [-0.39, 0.29) is 19.6 Å². The van der Waals surface area contributed by atoms with Crippen molar-refractivity contribution in [3.8, 4) is 0 Å². The number of aliphatic carboxylic acids is 3. The molecular weight excluding hydrogens is 380 g/mol. The molecule has 0 saturated carbocycles. The molecule has 1 saturated heterocycles. The van der Waals surface area contributed by atoms with Gasteiger partial charge < -0.3 is 15.3 Å². The van der Waals surface area contributed by atoms with E-state index in [0.717, 1.165) is 12.8 Å². The SMILES string of the molecule is CCCC(C)N1CCN(CC(=O)O)CCN(CC(=O)O)CCN(CC(=O)O)CC1. The molecule has 1 fully saturated rings. The van der Waals surface area contributed by atoms with Crippen molar-refractivity contribution in [2.75, 3.05) is 72.0 Å². The first-order chi connectivity index (χ1) is 13.7. The van der Waals surface area contributed by atoms with Crippen molar-refractivity contribution < 1.29 is 29.7 Å². The smallest absolute Gasteiger partial charge is 0.317 e. The van der Waals surface area contributed by atoms with Crippen LogP contribution in [0.3, 0.4) is 0 Å². The summed E-state index contributed by atoms with van der Waals surface area (Å²) in [5, 5.41) is 27.6. The van der Waals surface area contributed by atoms with E-state index in [9.17, 15) is 24.6 Å². The average molecular weight is 417 g/mol. The zero-order valence-corrected chi connectivity index (χ0v) is 17.6. The molecule has 1 heterocycles. The van der Waals surface area contributed by atoms with Crippen molar-refractivity contribution in [3.63, 3.8) is 0 Å². The summed E-state index contributed by atoms with van der Waals surface area (Å²) < 4.78 is 0. The minimum absolute atomic E-state index is 0.0813. The fraction of sp³-hybridized carbons (Fsp3) is 0.842. The molecule has 10 nitrogen and oxygen atoms in total. The average Bonchev–Trinajstić information content (AvgIpc) is 2.60. The Morgan fingerprint density at radius 1 is 0.690 bits per heavy atom. The quantitative estimate of drug-likeness (QED) is 0.459. The van der Waals surface area contributed by atoms with Crippen molar-refractivity contribution in [2.45, 2.75) is 32.7 Å². The second-order valence-electron chi connectivity index (χ2n) is 7.68. The molecule has 1 atom stereocenters. The normalized spacial score (nSPS) is 20.5. The van der Waals surface area contributed by atoms with E-state index in [4.69, 9.17) is 5.11 Å². The van der Waals surface area contributed by atoms with E-state index in [0.29, 0.717) is 58.4 Å². The van der Waals surface area contributed by atoms with Gasteiger partial charge in [-0.2, -0.15) is 0 Å². The third kappa shape index (κ3) is 11.1. The molecule has 29 heavy (non-hydrogen) atoms. The number of rotatable bonds is 9. The molecule has 0 aromatic rings. The molecule has 3 N–H and O–H groups in total. The summed E-state index contributed by atoms with van der Waals surface area (Å²) in [4.78, 5) is 41.4. The van der Waals surface area contributed by atoms with Crippen molar-refractivity contribution >= 4 is 17.9 Å². The predicted molar refractivity (Wildman–Crippen MR) is 108 cm³/mol. The Morgan fingerprint density at radius 2 is 1.00 bits per heavy atom. The molecule has 168 valence electrons. The van der Waals surface area contributed by atoms with Crippen LogP contribution in [0.5, 0.6) is 0 Å². The molecule has 0 aromatic heterocycles. The van der Waals surface area contributed by atoms with Gasteiger partial charge in [0.2, 0.25) is 0 Å². The van der Waals surface area contributed by atoms with Crippen LogP contribution < -0.4 is 0 Å². The van der Waals surface area contributed by atoms with Gasteiger partial charge in [0.25, 0.3) is 0 Å². The van der Waals surface area contributed by atoms with E-state index in [1.807, 2.05) is 9.80 Å². The maximum absolute atomic E-state index is 11.2. The maximum Gasteiger partial charge on any atom is 0.317 e. The first kappa shape index (κ1) is 25.3. The van der Waals surface area contributed by atoms with E-state index in [1.165, 1.54) is 0 Å². The van der Waals surface area contributed by atoms with Gasteiger partial charge >= 0.3 is 17.9 Å². The monoisotopic (exact) mass is 416 g/mol. The third-order valence-corrected chi connectivity index (χ3v) is 5.28. The van der Waals surface area contributed by atoms with Crippen LogP contribution >= 0.6 is 0 Å². The molecule has 0 spiro atoms. The van der Waals surface area contributed by atoms with Crippen LogP contribution in [0, 0.1) is 0 Å². The molecule has 0 amide bonds. The summed E-state index contributed by atoms with van der Waals surface area (Å²) in [7, 11) is 0. The molecule has 1 aliphatic rings. The van der Waals surface area contributed by atoms with Gasteiger partial charge in [-0.1, -0.05) is 13.3 Å². The highest BCUT2D eigenvalue weighted by Gasteiger charge is 2.21. The fourth-order valence-electron chi connectivity index (χ4n) is 3.64. The fourth-order valence-corrected chi connectivity index (χ4v) is 3.64. The minimum atomic E-state index is -0.953. The van der Waals surface area contributed by atoms with Gasteiger partial charge in [0.15, 0.2) is 0 Å². The number of carbonyl (C=O) groups is 3. The van der Waals surface area contributed by atoms with Gasteiger partial charge in [-0.05, 0) is 13.3 Å². The lowest BCUT2D eigenvalue weighted by Gasteiger charge is -2.35. The van der Waals surface area contributed by atoms with E-state index in [1.54, 1.807) is 4.90 Å². The van der Waals surface area contributed by atoms with E-state index < -0.39 is 17.9 Å².